The average Bonchev–Trinajstić information content (AvgIpc) is 2.95. The molecule has 0 spiro atoms. The third kappa shape index (κ3) is 2.38. The first-order chi connectivity index (χ1) is 9.28. The van der Waals surface area contributed by atoms with E-state index in [1.807, 2.05) is 17.0 Å². The first-order valence-electron chi connectivity index (χ1n) is 6.28. The number of hydrogen-bond acceptors (Lipinski definition) is 2. The highest BCUT2D eigenvalue weighted by Gasteiger charge is 2.23. The van der Waals surface area contributed by atoms with Crippen molar-refractivity contribution >= 4 is 17.5 Å². The van der Waals surface area contributed by atoms with Crippen LogP contribution >= 0.6 is 11.6 Å². The molecule has 1 aromatic carbocycles. The molecule has 0 saturated heterocycles. The van der Waals surface area contributed by atoms with E-state index < -0.39 is 0 Å². The molecule has 3 rings (SSSR count). The van der Waals surface area contributed by atoms with Gasteiger partial charge in [0, 0.05) is 13.1 Å². The molecule has 0 atom stereocenters. The number of benzene rings is 1. The fourth-order valence-electron chi connectivity index (χ4n) is 2.39. The second-order valence-corrected chi connectivity index (χ2v) is 4.91. The molecule has 19 heavy (non-hydrogen) atoms. The SMILES string of the molecule is O=C(c1ccc(CCl)o1)N1CCc2ccccc2C1. The number of carbonyl (C=O) groups excluding carboxylic acids is 1. The highest BCUT2D eigenvalue weighted by molar-refractivity contribution is 6.16. The van der Waals surface area contributed by atoms with E-state index in [4.69, 9.17) is 16.0 Å². The Kier molecular flexibility index (Phi) is 3.30. The molecular formula is C15H14ClNO2. The van der Waals surface area contributed by atoms with Crippen molar-refractivity contribution in [2.75, 3.05) is 6.54 Å². The van der Waals surface area contributed by atoms with Gasteiger partial charge in [0.15, 0.2) is 5.76 Å². The van der Waals surface area contributed by atoms with Gasteiger partial charge in [-0.2, -0.15) is 0 Å². The summed E-state index contributed by atoms with van der Waals surface area (Å²) in [6.45, 7) is 1.37. The Balaban J connectivity index is 1.79. The van der Waals surface area contributed by atoms with Crippen LogP contribution in [-0.2, 0) is 18.8 Å². The summed E-state index contributed by atoms with van der Waals surface area (Å²) in [5.41, 5.74) is 2.54. The first kappa shape index (κ1) is 12.3. The van der Waals surface area contributed by atoms with E-state index in [0.717, 1.165) is 13.0 Å². The number of furan rings is 1. The lowest BCUT2D eigenvalue weighted by Crippen LogP contribution is -2.35. The summed E-state index contributed by atoms with van der Waals surface area (Å²) < 4.78 is 5.41. The van der Waals surface area contributed by atoms with Gasteiger partial charge in [0.2, 0.25) is 0 Å². The van der Waals surface area contributed by atoms with Crippen LogP contribution in [0.25, 0.3) is 0 Å². The van der Waals surface area contributed by atoms with Crippen molar-refractivity contribution in [3.05, 3.63) is 59.0 Å². The second kappa shape index (κ2) is 5.10. The Hall–Kier alpha value is -1.74. The zero-order valence-corrected chi connectivity index (χ0v) is 11.2. The molecule has 98 valence electrons. The van der Waals surface area contributed by atoms with Crippen molar-refractivity contribution in [3.8, 4) is 0 Å². The third-order valence-corrected chi connectivity index (χ3v) is 3.69. The molecule has 0 saturated carbocycles. The molecule has 0 radical (unpaired) electrons. The summed E-state index contributed by atoms with van der Waals surface area (Å²) in [6, 6.07) is 11.7. The standard InChI is InChI=1S/C15H14ClNO2/c16-9-13-5-6-14(19-13)15(18)17-8-7-11-3-1-2-4-12(11)10-17/h1-6H,7-10H2. The second-order valence-electron chi connectivity index (χ2n) is 4.65. The first-order valence-corrected chi connectivity index (χ1v) is 6.82. The summed E-state index contributed by atoms with van der Waals surface area (Å²) >= 11 is 5.68. The van der Waals surface area contributed by atoms with Crippen molar-refractivity contribution in [2.24, 2.45) is 0 Å². The Morgan fingerprint density at radius 1 is 1.21 bits per heavy atom. The molecule has 0 N–H and O–H groups in total. The van der Waals surface area contributed by atoms with Crippen LogP contribution in [0.5, 0.6) is 0 Å². The largest absolute Gasteiger partial charge is 0.455 e. The number of halogens is 1. The minimum absolute atomic E-state index is 0.0640. The van der Waals surface area contributed by atoms with E-state index in [2.05, 4.69) is 12.1 Å². The molecule has 2 aromatic rings. The van der Waals surface area contributed by atoms with Crippen LogP contribution in [0.3, 0.4) is 0 Å². The number of alkyl halides is 1. The topological polar surface area (TPSA) is 33.5 Å². The van der Waals surface area contributed by atoms with Gasteiger partial charge in [0.05, 0.1) is 5.88 Å². The lowest BCUT2D eigenvalue weighted by atomic mass is 10.00. The molecule has 3 nitrogen and oxygen atoms in total. The molecular weight excluding hydrogens is 262 g/mol. The Bertz CT molecular complexity index is 606. The molecule has 1 aromatic heterocycles. The molecule has 2 heterocycles. The minimum Gasteiger partial charge on any atom is -0.455 e. The van der Waals surface area contributed by atoms with E-state index in [9.17, 15) is 4.79 Å². The molecule has 0 unspecified atom stereocenters. The molecule has 0 aliphatic carbocycles. The van der Waals surface area contributed by atoms with Gasteiger partial charge in [0.1, 0.15) is 5.76 Å². The number of rotatable bonds is 2. The Labute approximate surface area is 116 Å². The molecule has 1 aliphatic rings. The summed E-state index contributed by atoms with van der Waals surface area (Å²) in [5, 5.41) is 0. The monoisotopic (exact) mass is 275 g/mol. The Morgan fingerprint density at radius 3 is 2.74 bits per heavy atom. The van der Waals surface area contributed by atoms with Gasteiger partial charge in [-0.25, -0.2) is 0 Å². The van der Waals surface area contributed by atoms with E-state index in [-0.39, 0.29) is 11.8 Å². The summed E-state index contributed by atoms with van der Waals surface area (Å²) in [5.74, 6) is 1.22. The van der Waals surface area contributed by atoms with Crippen LogP contribution in [0.2, 0.25) is 0 Å². The van der Waals surface area contributed by atoms with Crippen LogP contribution < -0.4 is 0 Å². The van der Waals surface area contributed by atoms with Crippen molar-refractivity contribution in [3.63, 3.8) is 0 Å². The molecule has 0 bridgehead atoms. The maximum Gasteiger partial charge on any atom is 0.289 e. The van der Waals surface area contributed by atoms with Crippen molar-refractivity contribution in [2.45, 2.75) is 18.8 Å². The fraction of sp³-hybridized carbons (Fsp3) is 0.267. The third-order valence-electron chi connectivity index (χ3n) is 3.42. The van der Waals surface area contributed by atoms with Crippen LogP contribution in [0.1, 0.15) is 27.4 Å². The van der Waals surface area contributed by atoms with Crippen molar-refractivity contribution in [1.29, 1.82) is 0 Å². The summed E-state index contributed by atoms with van der Waals surface area (Å²) in [6.07, 6.45) is 0.894. The van der Waals surface area contributed by atoms with Crippen LogP contribution in [0.4, 0.5) is 0 Å². The van der Waals surface area contributed by atoms with Gasteiger partial charge in [0.25, 0.3) is 5.91 Å². The van der Waals surface area contributed by atoms with Crippen LogP contribution in [-0.4, -0.2) is 17.4 Å². The number of amides is 1. The fourth-order valence-corrected chi connectivity index (χ4v) is 2.53. The van der Waals surface area contributed by atoms with Gasteiger partial charge >= 0.3 is 0 Å². The van der Waals surface area contributed by atoms with E-state index in [0.29, 0.717) is 18.1 Å². The highest BCUT2D eigenvalue weighted by atomic mass is 35.5. The zero-order valence-electron chi connectivity index (χ0n) is 10.4. The van der Waals surface area contributed by atoms with Crippen molar-refractivity contribution in [1.82, 2.24) is 4.90 Å². The smallest absolute Gasteiger partial charge is 0.289 e. The zero-order chi connectivity index (χ0) is 13.2. The Morgan fingerprint density at radius 2 is 2.00 bits per heavy atom. The normalized spacial score (nSPS) is 14.3. The molecule has 1 aliphatic heterocycles. The maximum atomic E-state index is 12.3. The summed E-state index contributed by atoms with van der Waals surface area (Å²) in [7, 11) is 0. The van der Waals surface area contributed by atoms with Crippen molar-refractivity contribution < 1.29 is 9.21 Å². The molecule has 0 fully saturated rings. The lowest BCUT2D eigenvalue weighted by Gasteiger charge is -2.28. The van der Waals surface area contributed by atoms with Gasteiger partial charge in [-0.3, -0.25) is 4.79 Å². The number of hydrogen-bond donors (Lipinski definition) is 0. The quantitative estimate of drug-likeness (QED) is 0.789. The molecule has 4 heteroatoms. The number of fused-ring (bicyclic) bond motifs is 1. The number of carbonyl (C=O) groups is 1. The molecule has 1 amide bonds. The van der Waals surface area contributed by atoms with E-state index >= 15 is 0 Å². The predicted octanol–water partition coefficient (Wildman–Crippen LogP) is 3.22. The van der Waals surface area contributed by atoms with E-state index in [1.54, 1.807) is 12.1 Å². The average molecular weight is 276 g/mol. The van der Waals surface area contributed by atoms with E-state index in [1.165, 1.54) is 11.1 Å². The van der Waals surface area contributed by atoms with Gasteiger partial charge in [-0.05, 0) is 29.7 Å². The predicted molar refractivity (Wildman–Crippen MR) is 73.2 cm³/mol. The van der Waals surface area contributed by atoms with Gasteiger partial charge < -0.3 is 9.32 Å². The highest BCUT2D eigenvalue weighted by Crippen LogP contribution is 2.21. The van der Waals surface area contributed by atoms with Gasteiger partial charge in [-0.1, -0.05) is 24.3 Å². The van der Waals surface area contributed by atoms with Gasteiger partial charge in [-0.15, -0.1) is 11.6 Å². The minimum atomic E-state index is -0.0640. The number of nitrogens with zero attached hydrogens (tertiary/aromatic N) is 1. The summed E-state index contributed by atoms with van der Waals surface area (Å²) in [4.78, 5) is 14.1. The lowest BCUT2D eigenvalue weighted by molar-refractivity contribution is 0.0701. The maximum absolute atomic E-state index is 12.3. The van der Waals surface area contributed by atoms with Crippen LogP contribution in [0.15, 0.2) is 40.8 Å². The van der Waals surface area contributed by atoms with Crippen LogP contribution in [0, 0.1) is 0 Å².